The number of hydrogen-bond donors (Lipinski definition) is 2. The van der Waals surface area contributed by atoms with E-state index in [2.05, 4.69) is 25.6 Å². The van der Waals surface area contributed by atoms with Crippen molar-refractivity contribution in [2.24, 2.45) is 0 Å². The van der Waals surface area contributed by atoms with Gasteiger partial charge in [0.1, 0.15) is 24.3 Å². The number of benzene rings is 1. The molecule has 0 spiro atoms. The standard InChI is InChI=1S/C20H24N6O3/c1-13-14(2)26(12-25-13)19-10-18(23-11-24-19)21-7-8-22-20(27)15-5-6-16(28-3)17(9-15)29-4/h5-6,9-12H,7-8H2,1-4H3,(H,22,27)(H,21,23,24). The molecule has 3 rings (SSSR count). The van der Waals surface area contributed by atoms with E-state index >= 15 is 0 Å². The molecule has 2 N–H and O–H groups in total. The summed E-state index contributed by atoms with van der Waals surface area (Å²) in [6.45, 7) is 4.88. The maximum atomic E-state index is 12.3. The molecule has 0 atom stereocenters. The molecule has 0 aliphatic rings. The van der Waals surface area contributed by atoms with Gasteiger partial charge in [0.2, 0.25) is 0 Å². The van der Waals surface area contributed by atoms with E-state index < -0.39 is 0 Å². The van der Waals surface area contributed by atoms with E-state index in [9.17, 15) is 4.79 Å². The molecule has 1 aromatic carbocycles. The van der Waals surface area contributed by atoms with Crippen molar-refractivity contribution < 1.29 is 14.3 Å². The minimum absolute atomic E-state index is 0.194. The summed E-state index contributed by atoms with van der Waals surface area (Å²) in [6, 6.07) is 6.88. The van der Waals surface area contributed by atoms with Crippen LogP contribution in [-0.4, -0.2) is 52.7 Å². The van der Waals surface area contributed by atoms with Crippen LogP contribution >= 0.6 is 0 Å². The second-order valence-corrected chi connectivity index (χ2v) is 6.30. The molecule has 0 aliphatic carbocycles. The van der Waals surface area contributed by atoms with E-state index in [-0.39, 0.29) is 5.91 Å². The van der Waals surface area contributed by atoms with Gasteiger partial charge in [-0.25, -0.2) is 15.0 Å². The fourth-order valence-corrected chi connectivity index (χ4v) is 2.75. The van der Waals surface area contributed by atoms with Gasteiger partial charge < -0.3 is 20.1 Å². The third-order valence-electron chi connectivity index (χ3n) is 4.51. The lowest BCUT2D eigenvalue weighted by atomic mass is 10.2. The number of amides is 1. The number of imidazole rings is 1. The van der Waals surface area contributed by atoms with Gasteiger partial charge in [-0.2, -0.15) is 0 Å². The largest absolute Gasteiger partial charge is 0.493 e. The highest BCUT2D eigenvalue weighted by molar-refractivity contribution is 5.94. The summed E-state index contributed by atoms with van der Waals surface area (Å²) >= 11 is 0. The molecule has 1 amide bonds. The monoisotopic (exact) mass is 396 g/mol. The summed E-state index contributed by atoms with van der Waals surface area (Å²) < 4.78 is 12.3. The van der Waals surface area contributed by atoms with Gasteiger partial charge in [-0.15, -0.1) is 0 Å². The molecule has 0 saturated heterocycles. The van der Waals surface area contributed by atoms with Gasteiger partial charge in [0, 0.05) is 30.4 Å². The highest BCUT2D eigenvalue weighted by Gasteiger charge is 2.10. The first-order valence-corrected chi connectivity index (χ1v) is 9.10. The second kappa shape index (κ2) is 9.05. The number of ether oxygens (including phenoxy) is 2. The van der Waals surface area contributed by atoms with Crippen LogP contribution in [-0.2, 0) is 0 Å². The zero-order valence-corrected chi connectivity index (χ0v) is 16.9. The van der Waals surface area contributed by atoms with Gasteiger partial charge in [0.15, 0.2) is 11.5 Å². The van der Waals surface area contributed by atoms with Gasteiger partial charge >= 0.3 is 0 Å². The van der Waals surface area contributed by atoms with Crippen molar-refractivity contribution >= 4 is 11.7 Å². The van der Waals surface area contributed by atoms with Crippen LogP contribution in [0, 0.1) is 13.8 Å². The molecule has 0 saturated carbocycles. The van der Waals surface area contributed by atoms with Crippen LogP contribution in [0.4, 0.5) is 5.82 Å². The number of anilines is 1. The number of nitrogens with one attached hydrogen (secondary N) is 2. The number of aromatic nitrogens is 4. The normalized spacial score (nSPS) is 10.5. The van der Waals surface area contributed by atoms with Gasteiger partial charge in [0.25, 0.3) is 5.91 Å². The Morgan fingerprint density at radius 3 is 2.52 bits per heavy atom. The first-order chi connectivity index (χ1) is 14.0. The predicted octanol–water partition coefficient (Wildman–Crippen LogP) is 2.14. The molecule has 0 unspecified atom stereocenters. The molecule has 2 aromatic heterocycles. The summed E-state index contributed by atoms with van der Waals surface area (Å²) in [7, 11) is 3.09. The molecule has 0 radical (unpaired) electrons. The SMILES string of the molecule is COc1ccc(C(=O)NCCNc2cc(-n3cnc(C)c3C)ncn2)cc1OC. The summed E-state index contributed by atoms with van der Waals surface area (Å²) in [5.41, 5.74) is 2.48. The number of hydrogen-bond acceptors (Lipinski definition) is 7. The van der Waals surface area contributed by atoms with Gasteiger partial charge in [-0.05, 0) is 32.0 Å². The molecular formula is C20H24N6O3. The molecule has 0 bridgehead atoms. The van der Waals surface area contributed by atoms with Crippen molar-refractivity contribution in [1.82, 2.24) is 24.8 Å². The average molecular weight is 396 g/mol. The Morgan fingerprint density at radius 1 is 1.03 bits per heavy atom. The molecule has 29 heavy (non-hydrogen) atoms. The number of carbonyl (C=O) groups is 1. The van der Waals surface area contributed by atoms with Crippen molar-refractivity contribution in [3.63, 3.8) is 0 Å². The Morgan fingerprint density at radius 2 is 1.83 bits per heavy atom. The smallest absolute Gasteiger partial charge is 0.251 e. The van der Waals surface area contributed by atoms with Crippen LogP contribution in [0.2, 0.25) is 0 Å². The predicted molar refractivity (Wildman–Crippen MR) is 109 cm³/mol. The Bertz CT molecular complexity index is 1000. The number of nitrogens with zero attached hydrogens (tertiary/aromatic N) is 4. The molecule has 0 aliphatic heterocycles. The molecule has 3 aromatic rings. The number of methoxy groups -OCH3 is 2. The quantitative estimate of drug-likeness (QED) is 0.562. The third-order valence-corrected chi connectivity index (χ3v) is 4.51. The molecule has 152 valence electrons. The van der Waals surface area contributed by atoms with Crippen molar-refractivity contribution in [3.05, 3.63) is 53.9 Å². The molecule has 9 nitrogen and oxygen atoms in total. The van der Waals surface area contributed by atoms with Crippen LogP contribution < -0.4 is 20.1 Å². The molecule has 9 heteroatoms. The van der Waals surface area contributed by atoms with Crippen LogP contribution in [0.15, 0.2) is 36.9 Å². The van der Waals surface area contributed by atoms with Crippen molar-refractivity contribution in [1.29, 1.82) is 0 Å². The van der Waals surface area contributed by atoms with E-state index in [1.165, 1.54) is 13.4 Å². The lowest BCUT2D eigenvalue weighted by Crippen LogP contribution is -2.29. The van der Waals surface area contributed by atoms with Gasteiger partial charge in [-0.1, -0.05) is 0 Å². The molecule has 0 fully saturated rings. The first kappa shape index (κ1) is 20.1. The Hall–Kier alpha value is -3.62. The Labute approximate surface area is 169 Å². The zero-order chi connectivity index (χ0) is 20.8. The topological polar surface area (TPSA) is 103 Å². The number of aryl methyl sites for hydroxylation is 1. The van der Waals surface area contributed by atoms with E-state index in [4.69, 9.17) is 9.47 Å². The minimum Gasteiger partial charge on any atom is -0.493 e. The third kappa shape index (κ3) is 4.63. The fourth-order valence-electron chi connectivity index (χ4n) is 2.75. The lowest BCUT2D eigenvalue weighted by Gasteiger charge is -2.11. The van der Waals surface area contributed by atoms with Crippen LogP contribution in [0.3, 0.4) is 0 Å². The maximum absolute atomic E-state index is 12.3. The summed E-state index contributed by atoms with van der Waals surface area (Å²) in [6.07, 6.45) is 3.23. The Balaban J connectivity index is 1.55. The summed E-state index contributed by atoms with van der Waals surface area (Å²) in [5.74, 6) is 2.29. The second-order valence-electron chi connectivity index (χ2n) is 6.30. The van der Waals surface area contributed by atoms with Crippen molar-refractivity contribution in [3.8, 4) is 17.3 Å². The van der Waals surface area contributed by atoms with Crippen LogP contribution in [0.25, 0.3) is 5.82 Å². The van der Waals surface area contributed by atoms with E-state index in [1.807, 2.05) is 24.5 Å². The fraction of sp³-hybridized carbons (Fsp3) is 0.300. The number of carbonyl (C=O) groups excluding carboxylic acids is 1. The summed E-state index contributed by atoms with van der Waals surface area (Å²) in [5, 5.41) is 6.04. The Kier molecular flexibility index (Phi) is 6.28. The number of rotatable bonds is 8. The molecule has 2 heterocycles. The maximum Gasteiger partial charge on any atom is 0.251 e. The minimum atomic E-state index is -0.194. The first-order valence-electron chi connectivity index (χ1n) is 9.10. The zero-order valence-electron chi connectivity index (χ0n) is 16.9. The van der Waals surface area contributed by atoms with Crippen molar-refractivity contribution in [2.75, 3.05) is 32.6 Å². The summed E-state index contributed by atoms with van der Waals surface area (Å²) in [4.78, 5) is 25.1. The highest BCUT2D eigenvalue weighted by atomic mass is 16.5. The van der Waals surface area contributed by atoms with E-state index in [1.54, 1.807) is 31.6 Å². The van der Waals surface area contributed by atoms with Crippen LogP contribution in [0.1, 0.15) is 21.7 Å². The average Bonchev–Trinajstić information content (AvgIpc) is 3.09. The van der Waals surface area contributed by atoms with Gasteiger partial charge in [0.05, 0.1) is 19.9 Å². The van der Waals surface area contributed by atoms with Crippen molar-refractivity contribution in [2.45, 2.75) is 13.8 Å². The van der Waals surface area contributed by atoms with E-state index in [0.29, 0.717) is 36.0 Å². The molecular weight excluding hydrogens is 372 g/mol. The van der Waals surface area contributed by atoms with E-state index in [0.717, 1.165) is 17.2 Å². The lowest BCUT2D eigenvalue weighted by molar-refractivity contribution is 0.0954. The highest BCUT2D eigenvalue weighted by Crippen LogP contribution is 2.27. The van der Waals surface area contributed by atoms with Gasteiger partial charge in [-0.3, -0.25) is 9.36 Å². The van der Waals surface area contributed by atoms with Crippen LogP contribution in [0.5, 0.6) is 11.5 Å².